The third-order valence-corrected chi connectivity index (χ3v) is 5.07. The van der Waals surface area contributed by atoms with Gasteiger partial charge in [-0.25, -0.2) is 18.2 Å². The van der Waals surface area contributed by atoms with Crippen LogP contribution in [0.4, 0.5) is 18.3 Å². The molecule has 2 aromatic carbocycles. The molecule has 0 bridgehead atoms. The molecule has 0 spiro atoms. The zero-order chi connectivity index (χ0) is 19.6. The molecule has 142 valence electrons. The lowest BCUT2D eigenvalue weighted by molar-refractivity contribution is -0.858. The van der Waals surface area contributed by atoms with Crippen molar-refractivity contribution in [3.8, 4) is 0 Å². The van der Waals surface area contributed by atoms with Crippen LogP contribution in [0.15, 0.2) is 36.4 Å². The number of carbonyl (C=O) groups is 1. The molecule has 0 atom stereocenters. The van der Waals surface area contributed by atoms with Crippen molar-refractivity contribution in [2.45, 2.75) is 6.42 Å². The van der Waals surface area contributed by atoms with E-state index in [1.165, 1.54) is 34.1 Å². The van der Waals surface area contributed by atoms with E-state index in [1.807, 2.05) is 14.1 Å². The average molecular weight is 394 g/mol. The van der Waals surface area contributed by atoms with Crippen molar-refractivity contribution in [2.24, 2.45) is 0 Å². The number of rotatable bonds is 6. The van der Waals surface area contributed by atoms with Crippen LogP contribution in [0.5, 0.6) is 0 Å². The fourth-order valence-electron chi connectivity index (χ4n) is 2.72. The molecule has 3 rings (SSSR count). The highest BCUT2D eigenvalue weighted by atomic mass is 32.1. The maximum absolute atomic E-state index is 14.1. The molecule has 8 heteroatoms. The van der Waals surface area contributed by atoms with Gasteiger partial charge in [-0.3, -0.25) is 9.69 Å². The van der Waals surface area contributed by atoms with E-state index >= 15 is 0 Å². The Morgan fingerprint density at radius 1 is 1.15 bits per heavy atom. The first-order chi connectivity index (χ1) is 12.9. The summed E-state index contributed by atoms with van der Waals surface area (Å²) in [5.74, 6) is -2.69. The van der Waals surface area contributed by atoms with Crippen molar-refractivity contribution in [1.29, 1.82) is 0 Å². The molecule has 0 aliphatic rings. The first-order valence-corrected chi connectivity index (χ1v) is 9.29. The smallest absolute Gasteiger partial charge is 0.263 e. The number of hydrogen-bond acceptors (Lipinski definition) is 3. The van der Waals surface area contributed by atoms with Crippen molar-refractivity contribution < 1.29 is 22.9 Å². The molecule has 0 aliphatic carbocycles. The zero-order valence-electron chi connectivity index (χ0n) is 14.9. The molecule has 1 heterocycles. The molecule has 1 N–H and O–H groups in total. The molecule has 4 nitrogen and oxygen atoms in total. The molecular formula is C19H19F3N3OS+. The van der Waals surface area contributed by atoms with Crippen LogP contribution < -0.4 is 9.80 Å². The molecule has 1 aromatic heterocycles. The Bertz CT molecular complexity index is 974. The number of thiazole rings is 1. The Hall–Kier alpha value is -2.45. The second-order valence-electron chi connectivity index (χ2n) is 6.48. The average Bonchev–Trinajstić information content (AvgIpc) is 3.02. The van der Waals surface area contributed by atoms with Crippen molar-refractivity contribution in [3.05, 3.63) is 59.4 Å². The number of benzene rings is 2. The second kappa shape index (κ2) is 8.06. The second-order valence-corrected chi connectivity index (χ2v) is 7.49. The summed E-state index contributed by atoms with van der Waals surface area (Å²) >= 11 is 1.01. The maximum atomic E-state index is 14.1. The van der Waals surface area contributed by atoms with Gasteiger partial charge in [0.15, 0.2) is 10.9 Å². The van der Waals surface area contributed by atoms with Gasteiger partial charge in [0.1, 0.15) is 17.2 Å². The van der Waals surface area contributed by atoms with Gasteiger partial charge in [0, 0.05) is 19.0 Å². The summed E-state index contributed by atoms with van der Waals surface area (Å²) in [7, 11) is 3.97. The number of quaternary nitrogens is 1. The Labute approximate surface area is 158 Å². The van der Waals surface area contributed by atoms with E-state index in [1.54, 1.807) is 6.07 Å². The molecule has 3 aromatic rings. The van der Waals surface area contributed by atoms with Crippen molar-refractivity contribution >= 4 is 32.6 Å². The number of nitrogens with zero attached hydrogens (tertiary/aromatic N) is 2. The van der Waals surface area contributed by atoms with Gasteiger partial charge in [-0.15, -0.1) is 0 Å². The number of anilines is 1. The minimum absolute atomic E-state index is 0.000896. The maximum Gasteiger partial charge on any atom is 0.263 e. The van der Waals surface area contributed by atoms with Gasteiger partial charge in [-0.1, -0.05) is 23.5 Å². The number of aromatic nitrogens is 1. The summed E-state index contributed by atoms with van der Waals surface area (Å²) < 4.78 is 41.9. The van der Waals surface area contributed by atoms with Gasteiger partial charge in [-0.2, -0.15) is 0 Å². The van der Waals surface area contributed by atoms with Gasteiger partial charge in [0.05, 0.1) is 30.9 Å². The highest BCUT2D eigenvalue weighted by Gasteiger charge is 2.24. The van der Waals surface area contributed by atoms with Crippen LogP contribution in [-0.2, 0) is 0 Å². The van der Waals surface area contributed by atoms with E-state index in [2.05, 4.69) is 4.98 Å². The van der Waals surface area contributed by atoms with Gasteiger partial charge in [-0.05, 0) is 18.2 Å². The summed E-state index contributed by atoms with van der Waals surface area (Å²) in [6.45, 7) is 1.08. The fourth-order valence-corrected chi connectivity index (χ4v) is 3.75. The molecule has 27 heavy (non-hydrogen) atoms. The Morgan fingerprint density at radius 2 is 1.89 bits per heavy atom. The Kier molecular flexibility index (Phi) is 5.76. The summed E-state index contributed by atoms with van der Waals surface area (Å²) in [4.78, 5) is 19.7. The largest absolute Gasteiger partial charge is 0.340 e. The van der Waals surface area contributed by atoms with Gasteiger partial charge in [0.2, 0.25) is 0 Å². The normalized spacial score (nSPS) is 11.3. The topological polar surface area (TPSA) is 37.6 Å². The van der Waals surface area contributed by atoms with E-state index in [4.69, 9.17) is 0 Å². The van der Waals surface area contributed by atoms with Crippen LogP contribution in [0.25, 0.3) is 10.2 Å². The lowest BCUT2D eigenvalue weighted by Crippen LogP contribution is -3.05. The van der Waals surface area contributed by atoms with Crippen LogP contribution in [0, 0.1) is 17.5 Å². The van der Waals surface area contributed by atoms with Crippen molar-refractivity contribution in [3.63, 3.8) is 0 Å². The van der Waals surface area contributed by atoms with Crippen LogP contribution in [0.3, 0.4) is 0 Å². The summed E-state index contributed by atoms with van der Waals surface area (Å²) in [6, 6.07) is 7.62. The molecule has 0 unspecified atom stereocenters. The first-order valence-electron chi connectivity index (χ1n) is 8.48. The highest BCUT2D eigenvalue weighted by molar-refractivity contribution is 7.22. The lowest BCUT2D eigenvalue weighted by atomic mass is 10.2. The monoisotopic (exact) mass is 394 g/mol. The van der Waals surface area contributed by atoms with E-state index in [0.717, 1.165) is 23.9 Å². The molecule has 0 fully saturated rings. The van der Waals surface area contributed by atoms with E-state index in [0.29, 0.717) is 17.7 Å². The summed E-state index contributed by atoms with van der Waals surface area (Å²) in [6.07, 6.45) is 0.648. The summed E-state index contributed by atoms with van der Waals surface area (Å²) in [5, 5.41) is 0.219. The standard InChI is InChI=1S/C19H18F3N3OS/c1-24(2)8-5-9-25(18(26)13-6-3-4-7-14(13)21)19-23-17-15(22)10-12(20)11-16(17)27-19/h3-4,6-7,10-11H,5,8-9H2,1-2H3/p+1. The zero-order valence-corrected chi connectivity index (χ0v) is 15.7. The number of fused-ring (bicyclic) bond motifs is 1. The van der Waals surface area contributed by atoms with Crippen LogP contribution in [0.2, 0.25) is 0 Å². The molecular weight excluding hydrogens is 375 g/mol. The Balaban J connectivity index is 2.00. The van der Waals surface area contributed by atoms with Gasteiger partial charge < -0.3 is 4.90 Å². The number of nitrogens with one attached hydrogen (secondary N) is 1. The molecule has 0 saturated heterocycles. The quantitative estimate of drug-likeness (QED) is 0.698. The predicted octanol–water partition coefficient (Wildman–Crippen LogP) is 2.90. The highest BCUT2D eigenvalue weighted by Crippen LogP contribution is 2.32. The lowest BCUT2D eigenvalue weighted by Gasteiger charge is -2.20. The first kappa shape index (κ1) is 19.3. The predicted molar refractivity (Wildman–Crippen MR) is 99.9 cm³/mol. The molecule has 1 amide bonds. The van der Waals surface area contributed by atoms with Gasteiger partial charge >= 0.3 is 0 Å². The van der Waals surface area contributed by atoms with Crippen LogP contribution >= 0.6 is 11.3 Å². The molecule has 0 aliphatic heterocycles. The van der Waals surface area contributed by atoms with E-state index < -0.39 is 23.4 Å². The van der Waals surface area contributed by atoms with Crippen LogP contribution in [-0.4, -0.2) is 38.1 Å². The van der Waals surface area contributed by atoms with Crippen molar-refractivity contribution in [1.82, 2.24) is 4.98 Å². The fraction of sp³-hybridized carbons (Fsp3) is 0.263. The number of amides is 1. The minimum atomic E-state index is -0.788. The minimum Gasteiger partial charge on any atom is -0.340 e. The number of carbonyl (C=O) groups excluding carboxylic acids is 1. The molecule has 0 saturated carbocycles. The SMILES string of the molecule is C[NH+](C)CCCN(C(=O)c1ccccc1F)c1nc2c(F)cc(F)cc2s1. The number of halogens is 3. The van der Waals surface area contributed by atoms with Crippen molar-refractivity contribution in [2.75, 3.05) is 32.1 Å². The number of hydrogen-bond donors (Lipinski definition) is 1. The van der Waals surface area contributed by atoms with Crippen LogP contribution in [0.1, 0.15) is 16.8 Å². The third kappa shape index (κ3) is 4.28. The van der Waals surface area contributed by atoms with Gasteiger partial charge in [0.25, 0.3) is 5.91 Å². The van der Waals surface area contributed by atoms with E-state index in [-0.39, 0.29) is 16.2 Å². The summed E-state index contributed by atoms with van der Waals surface area (Å²) in [5.41, 5.74) is -0.0819. The van der Waals surface area contributed by atoms with E-state index in [9.17, 15) is 18.0 Å². The molecule has 0 radical (unpaired) electrons. The third-order valence-electron chi connectivity index (χ3n) is 4.04. The Morgan fingerprint density at radius 3 is 2.59 bits per heavy atom.